The van der Waals surface area contributed by atoms with Crippen molar-refractivity contribution in [1.82, 2.24) is 0 Å². The van der Waals surface area contributed by atoms with Crippen molar-refractivity contribution in [2.45, 2.75) is 36.3 Å². The first-order chi connectivity index (χ1) is 14.0. The summed E-state index contributed by atoms with van der Waals surface area (Å²) in [5.74, 6) is -0.981. The molecule has 0 aliphatic carbocycles. The predicted molar refractivity (Wildman–Crippen MR) is 118 cm³/mol. The monoisotopic (exact) mass is 485 g/mol. The molecule has 2 rings (SSSR count). The van der Waals surface area contributed by atoms with Crippen molar-refractivity contribution in [2.24, 2.45) is 5.41 Å². The molecule has 31 heavy (non-hydrogen) atoms. The third-order valence-corrected chi connectivity index (χ3v) is 7.14. The van der Waals surface area contributed by atoms with Gasteiger partial charge in [0.2, 0.25) is 0 Å². The fraction of sp³-hybridized carbons (Fsp3) is 0.286. The number of aliphatic carboxylic acids is 1. The molecule has 158 valence electrons. The van der Waals surface area contributed by atoms with Crippen LogP contribution >= 0.6 is 24.0 Å². The van der Waals surface area contributed by atoms with Crippen molar-refractivity contribution >= 4 is 44.3 Å². The van der Waals surface area contributed by atoms with E-state index in [9.17, 15) is 23.0 Å². The number of hydrogen-bond acceptors (Lipinski definition) is 7. The molecule has 0 bridgehead atoms. The van der Waals surface area contributed by atoms with Gasteiger partial charge in [-0.2, -0.15) is 5.26 Å². The van der Waals surface area contributed by atoms with Crippen LogP contribution in [0.4, 0.5) is 0 Å². The summed E-state index contributed by atoms with van der Waals surface area (Å²) in [7, 11) is -4.57. The maximum Gasteiger partial charge on any atom is 1.00 e. The fourth-order valence-electron chi connectivity index (χ4n) is 2.84. The molecule has 1 N–H and O–H groups in total. The van der Waals surface area contributed by atoms with Crippen LogP contribution in [-0.4, -0.2) is 28.2 Å². The Morgan fingerprint density at radius 3 is 2.29 bits per heavy atom. The second-order valence-corrected chi connectivity index (χ2v) is 10.3. The maximum atomic E-state index is 11.2. The van der Waals surface area contributed by atoms with Crippen LogP contribution in [0, 0.1) is 16.7 Å². The van der Waals surface area contributed by atoms with Crippen molar-refractivity contribution in [3.63, 3.8) is 0 Å². The van der Waals surface area contributed by atoms with Gasteiger partial charge in [-0.3, -0.25) is 4.79 Å². The Hall–Kier alpha value is -1.25. The first-order valence-corrected chi connectivity index (χ1v) is 11.7. The minimum absolute atomic E-state index is 0. The zero-order valence-corrected chi connectivity index (χ0v) is 21.6. The number of nitriles is 1. The molecule has 0 saturated heterocycles. The Morgan fingerprint density at radius 2 is 1.81 bits per heavy atom. The van der Waals surface area contributed by atoms with E-state index in [1.54, 1.807) is 6.92 Å². The minimum Gasteiger partial charge on any atom is -0.744 e. The summed E-state index contributed by atoms with van der Waals surface area (Å²) in [5.41, 5.74) is 0.610. The van der Waals surface area contributed by atoms with E-state index in [1.807, 2.05) is 30.3 Å². The number of rotatable bonds is 9. The van der Waals surface area contributed by atoms with Crippen LogP contribution < -0.4 is 29.6 Å². The topological polar surface area (TPSA) is 118 Å². The van der Waals surface area contributed by atoms with Gasteiger partial charge < -0.3 is 9.66 Å². The molecular weight excluding hydrogens is 465 g/mol. The quantitative estimate of drug-likeness (QED) is 0.323. The van der Waals surface area contributed by atoms with Crippen LogP contribution in [-0.2, 0) is 14.9 Å². The van der Waals surface area contributed by atoms with E-state index < -0.39 is 21.5 Å². The Balaban J connectivity index is 0.00000480. The van der Waals surface area contributed by atoms with Crippen molar-refractivity contribution in [3.8, 4) is 6.07 Å². The normalized spacial score (nSPS) is 13.8. The Kier molecular flexibility index (Phi) is 10.9. The van der Waals surface area contributed by atoms with E-state index in [0.717, 1.165) is 5.56 Å². The second-order valence-electron chi connectivity index (χ2n) is 7.05. The molecule has 0 fully saturated rings. The van der Waals surface area contributed by atoms with Crippen LogP contribution in [0.5, 0.6) is 0 Å². The second kappa shape index (κ2) is 12.1. The SMILES string of the molecule is CC(C#N)(CCC(=O)O)CC(SC(=S)c1ccccc1)c1ccc(S(=O)(=O)[O-])cc1.[Na+]. The molecule has 0 spiro atoms. The van der Waals surface area contributed by atoms with Crippen LogP contribution in [0.1, 0.15) is 42.6 Å². The van der Waals surface area contributed by atoms with Crippen LogP contribution in [0.25, 0.3) is 0 Å². The Labute approximate surface area is 214 Å². The molecule has 2 unspecified atom stereocenters. The zero-order valence-electron chi connectivity index (χ0n) is 17.1. The number of thiocarbonyl (C=S) groups is 1. The van der Waals surface area contributed by atoms with Gasteiger partial charge in [-0.05, 0) is 43.0 Å². The molecule has 2 aromatic rings. The van der Waals surface area contributed by atoms with Crippen molar-refractivity contribution in [3.05, 3.63) is 65.7 Å². The molecule has 0 aromatic heterocycles. The summed E-state index contributed by atoms with van der Waals surface area (Å²) in [6, 6.07) is 17.1. The molecule has 0 aliphatic heterocycles. The van der Waals surface area contributed by atoms with E-state index in [1.165, 1.54) is 36.0 Å². The van der Waals surface area contributed by atoms with Gasteiger partial charge in [-0.1, -0.05) is 54.7 Å². The number of nitrogens with zero attached hydrogens (tertiary/aromatic N) is 1. The van der Waals surface area contributed by atoms with E-state index in [-0.39, 0.29) is 52.5 Å². The van der Waals surface area contributed by atoms with E-state index in [4.69, 9.17) is 17.3 Å². The number of carboxylic acid groups (broad SMARTS) is 1. The summed E-state index contributed by atoms with van der Waals surface area (Å²) in [4.78, 5) is 10.7. The number of thioether (sulfide) groups is 1. The van der Waals surface area contributed by atoms with E-state index >= 15 is 0 Å². The summed E-state index contributed by atoms with van der Waals surface area (Å²) in [6.45, 7) is 1.70. The van der Waals surface area contributed by atoms with Gasteiger partial charge in [-0.15, -0.1) is 11.8 Å². The van der Waals surface area contributed by atoms with Gasteiger partial charge in [0.25, 0.3) is 0 Å². The first kappa shape index (κ1) is 27.8. The predicted octanol–water partition coefficient (Wildman–Crippen LogP) is 1.53. The maximum absolute atomic E-state index is 11.2. The van der Waals surface area contributed by atoms with Gasteiger partial charge in [0, 0.05) is 11.7 Å². The average Bonchev–Trinajstić information content (AvgIpc) is 2.72. The van der Waals surface area contributed by atoms with Crippen molar-refractivity contribution in [2.75, 3.05) is 0 Å². The van der Waals surface area contributed by atoms with Gasteiger partial charge >= 0.3 is 35.5 Å². The molecule has 10 heteroatoms. The number of carboxylic acids is 1. The average molecular weight is 486 g/mol. The molecule has 0 saturated carbocycles. The fourth-order valence-corrected chi connectivity index (χ4v) is 5.07. The number of carbonyl (C=O) groups is 1. The van der Waals surface area contributed by atoms with Gasteiger partial charge in [0.15, 0.2) is 0 Å². The summed E-state index contributed by atoms with van der Waals surface area (Å²) >= 11 is 6.90. The molecule has 0 radical (unpaired) electrons. The van der Waals surface area contributed by atoms with Gasteiger partial charge in [-0.25, -0.2) is 8.42 Å². The number of benzene rings is 2. The molecule has 2 atom stereocenters. The summed E-state index contributed by atoms with van der Waals surface area (Å²) in [5, 5.41) is 18.4. The molecule has 6 nitrogen and oxygen atoms in total. The van der Waals surface area contributed by atoms with Crippen LogP contribution in [0.2, 0.25) is 0 Å². The molecule has 2 aromatic carbocycles. The van der Waals surface area contributed by atoms with Crippen LogP contribution in [0.15, 0.2) is 59.5 Å². The smallest absolute Gasteiger partial charge is 0.744 e. The first-order valence-electron chi connectivity index (χ1n) is 8.99. The van der Waals surface area contributed by atoms with Gasteiger partial charge in [0.1, 0.15) is 10.1 Å². The Bertz CT molecular complexity index is 1050. The van der Waals surface area contributed by atoms with E-state index in [2.05, 4.69) is 6.07 Å². The van der Waals surface area contributed by atoms with E-state index in [0.29, 0.717) is 16.2 Å². The minimum atomic E-state index is -4.57. The molecular formula is C21H20NNaO5S3. The third kappa shape index (κ3) is 8.66. The van der Waals surface area contributed by atoms with Gasteiger partial charge in [0.05, 0.1) is 20.6 Å². The standard InChI is InChI=1S/C21H21NO5S3.Na/c1-21(14-22,12-11-19(23)24)13-18(29-20(28)16-5-3-2-4-6-16)15-7-9-17(10-8-15)30(25,26)27;/h2-10,18H,11-13H2,1H3,(H,23,24)(H,25,26,27);/q;+1/p-1. The van der Waals surface area contributed by atoms with Crippen molar-refractivity contribution < 1.29 is 52.4 Å². The third-order valence-electron chi connectivity index (χ3n) is 4.60. The largest absolute Gasteiger partial charge is 1.00 e. The summed E-state index contributed by atoms with van der Waals surface area (Å²) in [6.07, 6.45) is 0.330. The molecule has 0 amide bonds. The Morgan fingerprint density at radius 1 is 1.23 bits per heavy atom. The number of hydrogen-bond donors (Lipinski definition) is 1. The van der Waals surface area contributed by atoms with Crippen LogP contribution in [0.3, 0.4) is 0 Å². The summed E-state index contributed by atoms with van der Waals surface area (Å²) < 4.78 is 34.3. The zero-order chi connectivity index (χ0) is 22.4. The van der Waals surface area contributed by atoms with Crippen molar-refractivity contribution in [1.29, 1.82) is 5.26 Å². The molecule has 0 aliphatic rings. The molecule has 0 heterocycles.